The molecule has 1 aromatic carbocycles. The predicted octanol–water partition coefficient (Wildman–Crippen LogP) is 3.97. The monoisotopic (exact) mass is 334 g/mol. The van der Waals surface area contributed by atoms with Gasteiger partial charge in [0.05, 0.1) is 24.3 Å². The Balaban J connectivity index is 1.83. The van der Waals surface area contributed by atoms with E-state index in [2.05, 4.69) is 11.1 Å². The molecule has 0 saturated carbocycles. The van der Waals surface area contributed by atoms with Crippen LogP contribution in [0.15, 0.2) is 39.6 Å². The second kappa shape index (κ2) is 6.50. The molecule has 0 atom stereocenters. The van der Waals surface area contributed by atoms with Crippen LogP contribution in [0.4, 0.5) is 0 Å². The Morgan fingerprint density at radius 2 is 2.23 bits per heavy atom. The third-order valence-corrected chi connectivity index (χ3v) is 4.24. The first-order valence-corrected chi connectivity index (χ1v) is 8.33. The predicted molar refractivity (Wildman–Crippen MR) is 88.0 cm³/mol. The van der Waals surface area contributed by atoms with E-state index in [1.807, 2.05) is 30.5 Å². The Bertz CT molecular complexity index is 783. The maximum absolute atomic E-state index is 12.0. The third kappa shape index (κ3) is 3.31. The van der Waals surface area contributed by atoms with Crippen LogP contribution < -0.4 is 0 Å². The number of amides is 1. The van der Waals surface area contributed by atoms with Gasteiger partial charge in [0.25, 0.3) is 0 Å². The van der Waals surface area contributed by atoms with Crippen LogP contribution in [0.2, 0.25) is 0 Å². The number of carbonyl (C=O) groups is 1. The number of nitrogens with zero attached hydrogens (tertiary/aromatic N) is 2. The molecule has 0 radical (unpaired) electrons. The van der Waals surface area contributed by atoms with Crippen molar-refractivity contribution < 1.29 is 9.21 Å². The summed E-state index contributed by atoms with van der Waals surface area (Å²) in [5.74, 6) is 0.560. The zero-order chi connectivity index (χ0) is 15.5. The summed E-state index contributed by atoms with van der Waals surface area (Å²) >= 11 is 7.22. The van der Waals surface area contributed by atoms with Crippen LogP contribution in [0.25, 0.3) is 11.0 Å². The van der Waals surface area contributed by atoms with Gasteiger partial charge in [0, 0.05) is 10.8 Å². The molecular weight excluding hydrogens is 320 g/mol. The molecule has 1 amide bonds. The van der Waals surface area contributed by atoms with Crippen molar-refractivity contribution in [3.8, 4) is 0 Å². The van der Waals surface area contributed by atoms with Crippen LogP contribution in [0.5, 0.6) is 0 Å². The number of hydrogen-bond donors (Lipinski definition) is 0. The summed E-state index contributed by atoms with van der Waals surface area (Å²) in [4.78, 5) is 17.9. The second-order valence-corrected chi connectivity index (χ2v) is 6.10. The third-order valence-electron chi connectivity index (χ3n) is 3.37. The van der Waals surface area contributed by atoms with E-state index in [4.69, 9.17) is 16.0 Å². The zero-order valence-electron chi connectivity index (χ0n) is 12.1. The molecule has 0 unspecified atom stereocenters. The minimum atomic E-state index is -0.133. The van der Waals surface area contributed by atoms with Crippen molar-refractivity contribution in [3.05, 3.63) is 52.2 Å². The fourth-order valence-corrected chi connectivity index (χ4v) is 3.03. The van der Waals surface area contributed by atoms with Crippen LogP contribution in [-0.4, -0.2) is 21.7 Å². The van der Waals surface area contributed by atoms with E-state index in [9.17, 15) is 4.79 Å². The van der Waals surface area contributed by atoms with Crippen LogP contribution in [0.3, 0.4) is 0 Å². The first-order valence-electron chi connectivity index (χ1n) is 6.85. The highest BCUT2D eigenvalue weighted by Crippen LogP contribution is 2.22. The number of halogens is 1. The average molecular weight is 335 g/mol. The van der Waals surface area contributed by atoms with E-state index in [1.165, 1.54) is 16.9 Å². The van der Waals surface area contributed by atoms with Gasteiger partial charge >= 0.3 is 0 Å². The topological polar surface area (TPSA) is 46.3 Å². The lowest BCUT2D eigenvalue weighted by Gasteiger charge is -2.19. The summed E-state index contributed by atoms with van der Waals surface area (Å²) in [6, 6.07) is 7.99. The van der Waals surface area contributed by atoms with Crippen molar-refractivity contribution in [1.29, 1.82) is 0 Å². The van der Waals surface area contributed by atoms with Crippen molar-refractivity contribution in [2.24, 2.45) is 0 Å². The van der Waals surface area contributed by atoms with Crippen LogP contribution in [-0.2, 0) is 17.9 Å². The van der Waals surface area contributed by atoms with E-state index in [0.717, 1.165) is 22.4 Å². The molecule has 0 bridgehead atoms. The summed E-state index contributed by atoms with van der Waals surface area (Å²) in [7, 11) is 0. The quantitative estimate of drug-likeness (QED) is 0.663. The highest BCUT2D eigenvalue weighted by atomic mass is 35.5. The van der Waals surface area contributed by atoms with Crippen LogP contribution in [0, 0.1) is 6.92 Å². The minimum absolute atomic E-state index is 0.0521. The van der Waals surface area contributed by atoms with Gasteiger partial charge in [0.2, 0.25) is 5.91 Å². The number of fused-ring (bicyclic) bond motifs is 1. The lowest BCUT2D eigenvalue weighted by atomic mass is 10.2. The number of rotatable bonds is 5. The molecular formula is C16H15ClN2O2S. The number of furan rings is 1. The maximum atomic E-state index is 12.0. The molecule has 0 spiro atoms. The number of aromatic nitrogens is 1. The number of carbonyl (C=O) groups excluding carboxylic acids is 1. The Morgan fingerprint density at radius 3 is 2.95 bits per heavy atom. The van der Waals surface area contributed by atoms with Gasteiger partial charge in [-0.1, -0.05) is 11.6 Å². The van der Waals surface area contributed by atoms with E-state index in [0.29, 0.717) is 13.1 Å². The molecule has 0 saturated heterocycles. The lowest BCUT2D eigenvalue weighted by molar-refractivity contribution is -0.130. The molecule has 22 heavy (non-hydrogen) atoms. The van der Waals surface area contributed by atoms with Crippen molar-refractivity contribution >= 4 is 39.8 Å². The number of benzene rings is 1. The zero-order valence-corrected chi connectivity index (χ0v) is 13.7. The largest absolute Gasteiger partial charge is 0.459 e. The second-order valence-electron chi connectivity index (χ2n) is 5.12. The van der Waals surface area contributed by atoms with E-state index < -0.39 is 0 Å². The first kappa shape index (κ1) is 15.1. The molecule has 6 heteroatoms. The van der Waals surface area contributed by atoms with Gasteiger partial charge < -0.3 is 9.32 Å². The SMILES string of the molecule is Cc1ccc2oc(CN(Cc3cscn3)C(=O)CCl)cc2c1. The fraction of sp³-hybridized carbons (Fsp3) is 0.250. The first-order chi connectivity index (χ1) is 10.7. The Kier molecular flexibility index (Phi) is 4.45. The van der Waals surface area contributed by atoms with Gasteiger partial charge in [-0.15, -0.1) is 22.9 Å². The van der Waals surface area contributed by atoms with Gasteiger partial charge in [0.1, 0.15) is 17.2 Å². The molecule has 0 aliphatic heterocycles. The standard InChI is InChI=1S/C16H15ClN2O2S/c1-11-2-3-15-12(4-11)5-14(21-15)8-19(16(20)6-17)7-13-9-22-10-18-13/h2-5,9-10H,6-8H2,1H3. The van der Waals surface area contributed by atoms with Crippen molar-refractivity contribution in [3.63, 3.8) is 0 Å². The van der Waals surface area contributed by atoms with Gasteiger partial charge in [0.15, 0.2) is 0 Å². The molecule has 0 fully saturated rings. The molecule has 0 N–H and O–H groups in total. The maximum Gasteiger partial charge on any atom is 0.238 e. The molecule has 2 aromatic heterocycles. The Hall–Kier alpha value is -1.85. The molecule has 114 valence electrons. The van der Waals surface area contributed by atoms with Crippen molar-refractivity contribution in [2.75, 3.05) is 5.88 Å². The van der Waals surface area contributed by atoms with E-state index >= 15 is 0 Å². The van der Waals surface area contributed by atoms with E-state index in [-0.39, 0.29) is 11.8 Å². The number of thiazole rings is 1. The van der Waals surface area contributed by atoms with Gasteiger partial charge in [-0.05, 0) is 25.1 Å². The number of alkyl halides is 1. The van der Waals surface area contributed by atoms with Gasteiger partial charge in [-0.2, -0.15) is 0 Å². The van der Waals surface area contributed by atoms with Gasteiger partial charge in [-0.25, -0.2) is 4.98 Å². The van der Waals surface area contributed by atoms with Gasteiger partial charge in [-0.3, -0.25) is 4.79 Å². The van der Waals surface area contributed by atoms with Crippen LogP contribution >= 0.6 is 22.9 Å². The summed E-state index contributed by atoms with van der Waals surface area (Å²) in [6.45, 7) is 2.86. The normalized spacial score (nSPS) is 11.0. The average Bonchev–Trinajstić information content (AvgIpc) is 3.14. The fourth-order valence-electron chi connectivity index (χ4n) is 2.31. The minimum Gasteiger partial charge on any atom is -0.459 e. The summed E-state index contributed by atoms with van der Waals surface area (Å²) in [5.41, 5.74) is 4.61. The van der Waals surface area contributed by atoms with E-state index in [1.54, 1.807) is 10.4 Å². The number of hydrogen-bond acceptors (Lipinski definition) is 4. The summed E-state index contributed by atoms with van der Waals surface area (Å²) < 4.78 is 5.81. The number of aryl methyl sites for hydroxylation is 1. The highest BCUT2D eigenvalue weighted by molar-refractivity contribution is 7.07. The Morgan fingerprint density at radius 1 is 1.36 bits per heavy atom. The molecule has 4 nitrogen and oxygen atoms in total. The molecule has 0 aliphatic rings. The van der Waals surface area contributed by atoms with Crippen LogP contribution in [0.1, 0.15) is 17.0 Å². The lowest BCUT2D eigenvalue weighted by Crippen LogP contribution is -2.31. The molecule has 0 aliphatic carbocycles. The summed E-state index contributed by atoms with van der Waals surface area (Å²) in [5, 5.41) is 2.97. The summed E-state index contributed by atoms with van der Waals surface area (Å²) in [6.07, 6.45) is 0. The Labute approximate surface area is 137 Å². The van der Waals surface area contributed by atoms with Crippen molar-refractivity contribution in [1.82, 2.24) is 9.88 Å². The van der Waals surface area contributed by atoms with Crippen molar-refractivity contribution in [2.45, 2.75) is 20.0 Å². The smallest absolute Gasteiger partial charge is 0.238 e. The molecule has 3 rings (SSSR count). The molecule has 3 aromatic rings. The molecule has 2 heterocycles. The highest BCUT2D eigenvalue weighted by Gasteiger charge is 2.16.